The first kappa shape index (κ1) is 75.2. The molecule has 6 aromatic rings. The summed E-state index contributed by atoms with van der Waals surface area (Å²) in [4.78, 5) is 51.5. The van der Waals surface area contributed by atoms with Gasteiger partial charge in [0.15, 0.2) is 52.1 Å². The number of carbonyl (C=O) groups is 4. The molecule has 0 aromatic heterocycles. The molecule has 2 saturated heterocycles. The Balaban J connectivity index is 0.572. The van der Waals surface area contributed by atoms with Crippen molar-refractivity contribution >= 4 is 23.9 Å². The Morgan fingerprint density at radius 2 is 0.876 bits per heavy atom. The zero-order valence-corrected chi connectivity index (χ0v) is 62.4. The van der Waals surface area contributed by atoms with Gasteiger partial charge in [-0.1, -0.05) is 24.3 Å². The second kappa shape index (κ2) is 33.7. The summed E-state index contributed by atoms with van der Waals surface area (Å²) >= 11 is 0. The molecular formula is C83H104N4O18+4. The molecular weight excluding hydrogens is 1340 g/mol. The molecule has 0 aliphatic carbocycles. The highest BCUT2D eigenvalue weighted by Gasteiger charge is 2.43. The quantitative estimate of drug-likeness (QED) is 0.0127. The highest BCUT2D eigenvalue weighted by atomic mass is 16.7. The lowest BCUT2D eigenvalue weighted by atomic mass is 9.86. The van der Waals surface area contributed by atoms with E-state index in [2.05, 4.69) is 94.9 Å². The lowest BCUT2D eigenvalue weighted by Gasteiger charge is -2.46. The summed E-state index contributed by atoms with van der Waals surface area (Å²) in [6.45, 7) is 10.2. The molecule has 0 spiro atoms. The van der Waals surface area contributed by atoms with Crippen LogP contribution in [0, 0.1) is 11.8 Å². The van der Waals surface area contributed by atoms with Crippen LogP contribution < -0.4 is 47.4 Å². The van der Waals surface area contributed by atoms with E-state index in [0.717, 1.165) is 182 Å². The van der Waals surface area contributed by atoms with Crippen LogP contribution in [0.4, 0.5) is 0 Å². The largest absolute Gasteiger partial charge is 0.497 e. The average molecular weight is 1450 g/mol. The number of methoxy groups -OCH3 is 5. The van der Waals surface area contributed by atoms with Crippen LogP contribution in [-0.4, -0.2) is 210 Å². The van der Waals surface area contributed by atoms with Gasteiger partial charge in [-0.2, -0.15) is 0 Å². The van der Waals surface area contributed by atoms with Crippen molar-refractivity contribution < 1.29 is 103 Å². The Labute approximate surface area is 617 Å². The van der Waals surface area contributed by atoms with Gasteiger partial charge in [-0.05, 0) is 107 Å². The lowest BCUT2D eigenvalue weighted by molar-refractivity contribution is -0.941. The number of hydrogen-bond acceptors (Lipinski definition) is 18. The van der Waals surface area contributed by atoms with E-state index >= 15 is 0 Å². The van der Waals surface area contributed by atoms with E-state index in [9.17, 15) is 19.2 Å². The monoisotopic (exact) mass is 1440 g/mol. The molecule has 105 heavy (non-hydrogen) atoms. The molecule has 0 bridgehead atoms. The van der Waals surface area contributed by atoms with Gasteiger partial charge in [0.25, 0.3) is 0 Å². The van der Waals surface area contributed by atoms with E-state index < -0.39 is 23.9 Å². The molecule has 9 atom stereocenters. The van der Waals surface area contributed by atoms with Crippen LogP contribution in [0.5, 0.6) is 57.5 Å². The second-order valence-electron chi connectivity index (χ2n) is 30.1. The molecule has 2 fully saturated rings. The number of benzene rings is 6. The number of esters is 4. The summed E-state index contributed by atoms with van der Waals surface area (Å²) in [6, 6.07) is 37.2. The van der Waals surface area contributed by atoms with Crippen LogP contribution in [0.3, 0.4) is 0 Å². The van der Waals surface area contributed by atoms with Crippen LogP contribution in [0.15, 0.2) is 133 Å². The molecule has 12 rings (SSSR count). The minimum absolute atomic E-state index is 0.0332. The van der Waals surface area contributed by atoms with Crippen molar-refractivity contribution in [3.63, 3.8) is 0 Å². The van der Waals surface area contributed by atoms with Crippen LogP contribution in [0.2, 0.25) is 0 Å². The fourth-order valence-corrected chi connectivity index (χ4v) is 16.4. The fraction of sp³-hybridized carbons (Fsp3) is 0.470. The SMILES string of the molecule is COc1ccc(CC2c3cc(OC)c(OC)cc3CC[N+]2(C)CCCOC(=O)/C=C\C(=O)OCC2CC[N+](C)(Cc3ccc4c(c3)OCC(COc3cc5c(cc3OC)C(Cc3ccc(OC)cc3)[N+](C)(CCCOC(=O)/C=C\C(=O)OCC3CC[N+](C)(Cc6ccc7c(c6)OCO7)C3)CC5)O4)C2)cc1. The van der Waals surface area contributed by atoms with Crippen LogP contribution >= 0.6 is 0 Å². The lowest BCUT2D eigenvalue weighted by Crippen LogP contribution is -2.52. The summed E-state index contributed by atoms with van der Waals surface area (Å²) in [5.41, 5.74) is 9.46. The van der Waals surface area contributed by atoms with E-state index in [1.54, 1.807) is 35.5 Å². The van der Waals surface area contributed by atoms with Crippen molar-refractivity contribution in [1.29, 1.82) is 0 Å². The van der Waals surface area contributed by atoms with Crippen LogP contribution in [-0.2, 0) is 76.9 Å². The minimum atomic E-state index is -0.586. The smallest absolute Gasteiger partial charge is 0.331 e. The second-order valence-corrected chi connectivity index (χ2v) is 30.1. The van der Waals surface area contributed by atoms with E-state index in [1.165, 1.54) is 33.4 Å². The number of ether oxygens (including phenoxy) is 14. The summed E-state index contributed by atoms with van der Waals surface area (Å²) in [5, 5.41) is 0. The first-order valence-corrected chi connectivity index (χ1v) is 36.8. The number of nitrogens with zero attached hydrogens (tertiary/aromatic N) is 4. The first-order chi connectivity index (χ1) is 50.7. The Bertz CT molecular complexity index is 4110. The van der Waals surface area contributed by atoms with Crippen molar-refractivity contribution in [2.24, 2.45) is 11.8 Å². The fourth-order valence-electron chi connectivity index (χ4n) is 16.4. The van der Waals surface area contributed by atoms with Gasteiger partial charge in [0.1, 0.15) is 63.1 Å². The van der Waals surface area contributed by atoms with Gasteiger partial charge in [0, 0.05) is 110 Å². The van der Waals surface area contributed by atoms with Gasteiger partial charge < -0.3 is 84.2 Å². The molecule has 22 heteroatoms. The standard InChI is InChI=1S/C83H104N4O18/c1-84(48-59-16-22-72-77(42-59)104-56-103-72)34-28-61(50-84)52-101-82(90)26-25-81(89)98-39-11-33-87(4)37-31-64-45-79(76(96-9)47-69(64)71(87)41-58-14-20-66(93-6)21-15-58)100-55-67-54-99-78-43-60(17-23-73(78)105-67)49-85(2)35-29-62(51-85)53-102-83(91)27-24-80(88)97-38-10-32-86(3)36-30-63-44-74(94-7)75(95-8)46-68(63)70(86)40-57-12-18-65(92-5)19-13-57/h12-27,42-47,61-62,67,70-71H,10-11,28-41,48-56H2,1-9H3/q+4/b26-25-,27-24-. The average Bonchev–Trinajstić information content (AvgIpc) is 1.46. The van der Waals surface area contributed by atoms with Crippen molar-refractivity contribution in [2.75, 3.05) is 163 Å². The number of likely N-dealkylation sites (N-methyl/N-ethyl adjacent to an activating group) is 2. The Kier molecular flexibility index (Phi) is 24.2. The number of rotatable bonds is 32. The summed E-state index contributed by atoms with van der Waals surface area (Å²) < 4.78 is 84.5. The minimum Gasteiger partial charge on any atom is -0.497 e. The van der Waals surface area contributed by atoms with Gasteiger partial charge in [-0.3, -0.25) is 0 Å². The molecule has 0 N–H and O–H groups in total. The molecule has 22 nitrogen and oxygen atoms in total. The van der Waals surface area contributed by atoms with Gasteiger partial charge in [-0.25, -0.2) is 19.2 Å². The normalized spacial score (nSPS) is 24.1. The molecule has 6 aromatic carbocycles. The Morgan fingerprint density at radius 3 is 1.36 bits per heavy atom. The van der Waals surface area contributed by atoms with Crippen molar-refractivity contribution in [1.82, 2.24) is 0 Å². The van der Waals surface area contributed by atoms with Crippen molar-refractivity contribution in [3.8, 4) is 57.5 Å². The van der Waals surface area contributed by atoms with Gasteiger partial charge in [0.2, 0.25) is 6.79 Å². The molecule has 9 unspecified atom stereocenters. The van der Waals surface area contributed by atoms with E-state index in [-0.39, 0.29) is 69.9 Å². The predicted molar refractivity (Wildman–Crippen MR) is 392 cm³/mol. The third-order valence-electron chi connectivity index (χ3n) is 22.3. The molecule has 560 valence electrons. The maximum atomic E-state index is 12.9. The number of likely N-dealkylation sites (tertiary alicyclic amines) is 2. The number of hydrogen-bond donors (Lipinski definition) is 0. The van der Waals surface area contributed by atoms with Crippen molar-refractivity contribution in [2.45, 2.75) is 82.6 Å². The highest BCUT2D eigenvalue weighted by Crippen LogP contribution is 2.46. The van der Waals surface area contributed by atoms with Crippen LogP contribution in [0.25, 0.3) is 0 Å². The van der Waals surface area contributed by atoms with Crippen molar-refractivity contribution in [3.05, 3.63) is 178 Å². The maximum absolute atomic E-state index is 12.9. The molecule has 6 aliphatic heterocycles. The highest BCUT2D eigenvalue weighted by molar-refractivity contribution is 5.92. The molecule has 0 amide bonds. The number of fused-ring (bicyclic) bond motifs is 4. The number of carbonyl (C=O) groups excluding carboxylic acids is 4. The zero-order chi connectivity index (χ0) is 73.7. The predicted octanol–water partition coefficient (Wildman–Crippen LogP) is 10.6. The van der Waals surface area contributed by atoms with Gasteiger partial charge in [-0.15, -0.1) is 0 Å². The van der Waals surface area contributed by atoms with E-state index in [4.69, 9.17) is 66.3 Å². The molecule has 6 heterocycles. The summed E-state index contributed by atoms with van der Waals surface area (Å²) in [7, 11) is 17.3. The van der Waals surface area contributed by atoms with E-state index in [1.807, 2.05) is 42.5 Å². The van der Waals surface area contributed by atoms with Gasteiger partial charge >= 0.3 is 23.9 Å². The maximum Gasteiger partial charge on any atom is 0.331 e. The van der Waals surface area contributed by atoms with E-state index in [0.29, 0.717) is 52.7 Å². The summed E-state index contributed by atoms with van der Waals surface area (Å²) in [5.74, 6) is 5.22. The molecule has 0 radical (unpaired) electrons. The van der Waals surface area contributed by atoms with Crippen LogP contribution in [0.1, 0.15) is 82.3 Å². The molecule has 6 aliphatic rings. The van der Waals surface area contributed by atoms with Gasteiger partial charge in [0.05, 0.1) is 129 Å². The number of quaternary nitrogens is 4. The zero-order valence-electron chi connectivity index (χ0n) is 62.4. The third kappa shape index (κ3) is 19.0. The Morgan fingerprint density at radius 1 is 0.448 bits per heavy atom. The first-order valence-electron chi connectivity index (χ1n) is 36.8. The third-order valence-corrected chi connectivity index (χ3v) is 22.3. The summed E-state index contributed by atoms with van der Waals surface area (Å²) in [6.07, 6.45) is 10.5. The molecule has 0 saturated carbocycles. The topological polar surface area (TPSA) is 197 Å². The Hall–Kier alpha value is -9.48.